The van der Waals surface area contributed by atoms with Crippen molar-refractivity contribution in [3.05, 3.63) is 68.1 Å². The lowest BCUT2D eigenvalue weighted by molar-refractivity contribution is 0.0529. The molecule has 2 heterocycles. The normalized spacial score (nSPS) is 11.6. The minimum atomic E-state index is -0.702. The molecule has 252 valence electrons. The van der Waals surface area contributed by atoms with Gasteiger partial charge in [0.1, 0.15) is 16.8 Å². The van der Waals surface area contributed by atoms with Crippen LogP contribution in [0.15, 0.2) is 60.9 Å². The van der Waals surface area contributed by atoms with Gasteiger partial charge in [-0.2, -0.15) is 0 Å². The Hall–Kier alpha value is -3.67. The number of nitrogens with one attached hydrogen (secondary N) is 1. The molecular formula is C33H40I2N6O6. The van der Waals surface area contributed by atoms with Gasteiger partial charge >= 0.3 is 18.3 Å². The lowest BCUT2D eigenvalue weighted by atomic mass is 10.2. The van der Waals surface area contributed by atoms with Gasteiger partial charge in [0.05, 0.1) is 23.8 Å². The SMILES string of the molecule is CC(C)(C)OC(=O)Nc1ncc(-c2ccc(I)cc2)n1C(=O)OC(C)(C)C.CC(C)(C)OC(=O)n1c(-c2ccc(I)cc2)cnc1N. The van der Waals surface area contributed by atoms with Crippen LogP contribution < -0.4 is 11.1 Å². The Morgan fingerprint density at radius 2 is 1.02 bits per heavy atom. The summed E-state index contributed by atoms with van der Waals surface area (Å²) in [5.74, 6) is 0.153. The van der Waals surface area contributed by atoms with E-state index in [4.69, 9.17) is 19.9 Å². The summed E-state index contributed by atoms with van der Waals surface area (Å²) in [4.78, 5) is 45.3. The summed E-state index contributed by atoms with van der Waals surface area (Å²) in [6, 6.07) is 15.3. The second-order valence-corrected chi connectivity index (χ2v) is 15.7. The van der Waals surface area contributed by atoms with Crippen LogP contribution in [0.3, 0.4) is 0 Å². The van der Waals surface area contributed by atoms with Crippen molar-refractivity contribution in [2.24, 2.45) is 0 Å². The third-order valence-corrected chi connectivity index (χ3v) is 7.03. The molecule has 4 aromatic rings. The molecule has 0 saturated heterocycles. The van der Waals surface area contributed by atoms with Crippen molar-refractivity contribution in [1.29, 1.82) is 0 Å². The van der Waals surface area contributed by atoms with Gasteiger partial charge in [-0.1, -0.05) is 24.3 Å². The van der Waals surface area contributed by atoms with Crippen LogP contribution in [0.1, 0.15) is 62.3 Å². The molecule has 0 bridgehead atoms. The zero-order valence-corrected chi connectivity index (χ0v) is 32.2. The maximum Gasteiger partial charge on any atom is 0.421 e. The lowest BCUT2D eigenvalue weighted by Gasteiger charge is -2.22. The first-order valence-electron chi connectivity index (χ1n) is 14.5. The number of amides is 1. The maximum atomic E-state index is 12.8. The molecular weight excluding hydrogens is 830 g/mol. The fourth-order valence-corrected chi connectivity index (χ4v) is 4.56. The Labute approximate surface area is 302 Å². The summed E-state index contributed by atoms with van der Waals surface area (Å²) in [6.07, 6.45) is 1.22. The van der Waals surface area contributed by atoms with E-state index in [-0.39, 0.29) is 11.9 Å². The molecule has 1 amide bonds. The Morgan fingerprint density at radius 1 is 0.638 bits per heavy atom. The topological polar surface area (TPSA) is 153 Å². The van der Waals surface area contributed by atoms with E-state index in [9.17, 15) is 14.4 Å². The van der Waals surface area contributed by atoms with E-state index in [1.54, 1.807) is 47.7 Å². The average Bonchev–Trinajstić information content (AvgIpc) is 3.50. The summed E-state index contributed by atoms with van der Waals surface area (Å²) >= 11 is 4.42. The van der Waals surface area contributed by atoms with Crippen LogP contribution in [0.5, 0.6) is 0 Å². The van der Waals surface area contributed by atoms with Crippen LogP contribution in [-0.2, 0) is 14.2 Å². The molecule has 0 fully saturated rings. The minimum absolute atomic E-state index is 0.0343. The number of nitrogens with zero attached hydrogens (tertiary/aromatic N) is 4. The number of nitrogens with two attached hydrogens (primary N) is 1. The second-order valence-electron chi connectivity index (χ2n) is 13.2. The van der Waals surface area contributed by atoms with Crippen molar-refractivity contribution in [1.82, 2.24) is 19.1 Å². The van der Waals surface area contributed by atoms with E-state index >= 15 is 0 Å². The molecule has 0 unspecified atom stereocenters. The van der Waals surface area contributed by atoms with Crippen molar-refractivity contribution < 1.29 is 28.6 Å². The highest BCUT2D eigenvalue weighted by Crippen LogP contribution is 2.27. The van der Waals surface area contributed by atoms with Crippen molar-refractivity contribution in [3.8, 4) is 22.5 Å². The van der Waals surface area contributed by atoms with Crippen LogP contribution in [0.25, 0.3) is 22.5 Å². The number of hydrogen-bond donors (Lipinski definition) is 2. The van der Waals surface area contributed by atoms with Crippen LogP contribution >= 0.6 is 45.2 Å². The Bertz CT molecular complexity index is 1710. The molecule has 0 spiro atoms. The van der Waals surface area contributed by atoms with Crippen molar-refractivity contribution in [2.75, 3.05) is 11.1 Å². The molecule has 0 aliphatic heterocycles. The van der Waals surface area contributed by atoms with Gasteiger partial charge in [-0.25, -0.2) is 33.5 Å². The van der Waals surface area contributed by atoms with Crippen molar-refractivity contribution in [2.45, 2.75) is 79.1 Å². The molecule has 47 heavy (non-hydrogen) atoms. The largest absolute Gasteiger partial charge is 0.444 e. The molecule has 3 N–H and O–H groups in total. The summed E-state index contributed by atoms with van der Waals surface area (Å²) < 4.78 is 20.8. The fraction of sp³-hybridized carbons (Fsp3) is 0.364. The average molecular weight is 871 g/mol. The van der Waals surface area contributed by atoms with Gasteiger partial charge in [0.25, 0.3) is 0 Å². The number of carbonyl (C=O) groups excluding carboxylic acids is 3. The first-order chi connectivity index (χ1) is 21.6. The van der Waals surface area contributed by atoms with E-state index in [1.807, 2.05) is 69.3 Å². The highest BCUT2D eigenvalue weighted by Gasteiger charge is 2.27. The smallest absolute Gasteiger partial charge is 0.421 e. The highest BCUT2D eigenvalue weighted by molar-refractivity contribution is 14.1. The van der Waals surface area contributed by atoms with Gasteiger partial charge in [0, 0.05) is 18.3 Å². The molecule has 2 aromatic heterocycles. The quantitative estimate of drug-likeness (QED) is 0.152. The van der Waals surface area contributed by atoms with E-state index in [0.29, 0.717) is 11.4 Å². The van der Waals surface area contributed by atoms with Gasteiger partial charge < -0.3 is 19.9 Å². The number of halogens is 2. The molecule has 4 rings (SSSR count). The van der Waals surface area contributed by atoms with Gasteiger partial charge in [0.15, 0.2) is 0 Å². The van der Waals surface area contributed by atoms with Gasteiger partial charge in [-0.05, 0) is 132 Å². The molecule has 0 aliphatic carbocycles. The number of rotatable bonds is 3. The van der Waals surface area contributed by atoms with E-state index in [1.165, 1.54) is 15.3 Å². The Balaban J connectivity index is 0.000000267. The van der Waals surface area contributed by atoms with E-state index < -0.39 is 35.1 Å². The van der Waals surface area contributed by atoms with Crippen LogP contribution in [0.2, 0.25) is 0 Å². The summed E-state index contributed by atoms with van der Waals surface area (Å²) in [7, 11) is 0. The summed E-state index contributed by atoms with van der Waals surface area (Å²) in [6.45, 7) is 16.0. The number of aromatic nitrogens is 4. The second kappa shape index (κ2) is 15.0. The first kappa shape index (κ1) is 37.8. The number of carbonyl (C=O) groups is 3. The maximum absolute atomic E-state index is 12.8. The Kier molecular flexibility index (Phi) is 12.1. The predicted molar refractivity (Wildman–Crippen MR) is 198 cm³/mol. The summed E-state index contributed by atoms with van der Waals surface area (Å²) in [5, 5.41) is 2.52. The minimum Gasteiger partial charge on any atom is -0.444 e. The third kappa shape index (κ3) is 11.5. The number of anilines is 2. The van der Waals surface area contributed by atoms with E-state index in [0.717, 1.165) is 18.3 Å². The lowest BCUT2D eigenvalue weighted by Crippen LogP contribution is -2.31. The number of ether oxygens (including phenoxy) is 3. The van der Waals surface area contributed by atoms with E-state index in [2.05, 4.69) is 60.5 Å². The zero-order chi connectivity index (χ0) is 35.3. The zero-order valence-electron chi connectivity index (χ0n) is 27.8. The van der Waals surface area contributed by atoms with Crippen molar-refractivity contribution >= 4 is 75.4 Å². The number of benzene rings is 2. The monoisotopic (exact) mass is 870 g/mol. The molecule has 0 atom stereocenters. The number of imidazole rings is 2. The van der Waals surface area contributed by atoms with Crippen molar-refractivity contribution in [3.63, 3.8) is 0 Å². The number of nitrogen functional groups attached to an aromatic ring is 1. The Morgan fingerprint density at radius 3 is 1.45 bits per heavy atom. The highest BCUT2D eigenvalue weighted by atomic mass is 127. The van der Waals surface area contributed by atoms with Crippen LogP contribution in [0, 0.1) is 7.14 Å². The molecule has 0 saturated carbocycles. The molecule has 0 radical (unpaired) electrons. The van der Waals surface area contributed by atoms with Crippen LogP contribution in [0.4, 0.5) is 26.3 Å². The van der Waals surface area contributed by atoms with Gasteiger partial charge in [0.2, 0.25) is 11.9 Å². The summed E-state index contributed by atoms with van der Waals surface area (Å²) in [5.41, 5.74) is 6.57. The molecule has 12 nitrogen and oxygen atoms in total. The number of hydrogen-bond acceptors (Lipinski definition) is 9. The van der Waals surface area contributed by atoms with Crippen LogP contribution in [-0.4, -0.2) is 54.2 Å². The molecule has 0 aliphatic rings. The third-order valence-electron chi connectivity index (χ3n) is 5.60. The van der Waals surface area contributed by atoms with Gasteiger partial charge in [-0.15, -0.1) is 0 Å². The molecule has 2 aromatic carbocycles. The standard InChI is InChI=1S/C19H24IN3O4.C14H16IN3O2/c1-18(2,3)26-16(24)22-15-21-11-14(12-7-9-13(20)10-8-12)23(15)17(25)27-19(4,5)6;1-14(2,3)20-13(19)18-11(8-17-12(18)16)9-4-6-10(15)7-5-9/h7-11H,1-6H3,(H,21,22,24);4-8H,1-3H3,(H2,16,17). The molecule has 14 heteroatoms. The fourth-order valence-electron chi connectivity index (χ4n) is 3.84. The predicted octanol–water partition coefficient (Wildman–Crippen LogP) is 8.81. The van der Waals surface area contributed by atoms with Gasteiger partial charge in [-0.3, -0.25) is 5.32 Å². The first-order valence-corrected chi connectivity index (χ1v) is 16.7.